The van der Waals surface area contributed by atoms with Crippen LogP contribution >= 0.6 is 0 Å². The van der Waals surface area contributed by atoms with Gasteiger partial charge in [0.2, 0.25) is 0 Å². The molecule has 1 aromatic carbocycles. The predicted octanol–water partition coefficient (Wildman–Crippen LogP) is 4.61. The second-order valence-corrected chi connectivity index (χ2v) is 9.02. The molecule has 2 fully saturated rings. The molecule has 1 N–H and O–H groups in total. The maximum absolute atomic E-state index is 13.2. The van der Waals surface area contributed by atoms with E-state index in [1.807, 2.05) is 24.3 Å². The van der Waals surface area contributed by atoms with E-state index in [0.29, 0.717) is 0 Å². The normalized spacial score (nSPS) is 29.3. The summed E-state index contributed by atoms with van der Waals surface area (Å²) in [5, 5.41) is 4.48. The molecule has 0 saturated heterocycles. The molecule has 2 aliphatic rings. The van der Waals surface area contributed by atoms with Crippen LogP contribution in [0.2, 0.25) is 0 Å². The van der Waals surface area contributed by atoms with Gasteiger partial charge < -0.3 is 14.6 Å². The fourth-order valence-electron chi connectivity index (χ4n) is 5.77. The van der Waals surface area contributed by atoms with Gasteiger partial charge in [-0.25, -0.2) is 0 Å². The lowest BCUT2D eigenvalue weighted by molar-refractivity contribution is 0.0730. The van der Waals surface area contributed by atoms with Crippen LogP contribution in [0.3, 0.4) is 0 Å². The van der Waals surface area contributed by atoms with E-state index in [2.05, 4.69) is 37.6 Å². The highest BCUT2D eigenvalue weighted by molar-refractivity contribution is 5.99. The van der Waals surface area contributed by atoms with Crippen LogP contribution in [0.5, 0.6) is 5.75 Å². The van der Waals surface area contributed by atoms with Gasteiger partial charge >= 0.3 is 0 Å². The smallest absolute Gasteiger partial charge is 0.268 e. The first kappa shape index (κ1) is 17.4. The summed E-state index contributed by atoms with van der Waals surface area (Å²) in [6, 6.07) is 8.23. The predicted molar refractivity (Wildman–Crippen MR) is 105 cm³/mol. The van der Waals surface area contributed by atoms with E-state index in [4.69, 9.17) is 4.74 Å². The highest BCUT2D eigenvalue weighted by Crippen LogP contribution is 2.62. The Hall–Kier alpha value is -1.97. The van der Waals surface area contributed by atoms with Gasteiger partial charge in [0.05, 0.1) is 7.11 Å². The zero-order chi connectivity index (χ0) is 18.7. The van der Waals surface area contributed by atoms with Gasteiger partial charge in [0.1, 0.15) is 11.4 Å². The van der Waals surface area contributed by atoms with Crippen LogP contribution in [-0.4, -0.2) is 23.6 Å². The molecule has 2 unspecified atom stereocenters. The fraction of sp³-hybridized carbons (Fsp3) is 0.591. The number of nitrogens with zero attached hydrogens (tertiary/aromatic N) is 1. The molecular formula is C22H30N2O2. The number of hydrogen-bond donors (Lipinski definition) is 1. The Morgan fingerprint density at radius 1 is 1.31 bits per heavy atom. The third kappa shape index (κ3) is 2.38. The highest BCUT2D eigenvalue weighted by Gasteiger charge is 2.59. The lowest BCUT2D eigenvalue weighted by atomic mass is 9.68. The molecule has 4 nitrogen and oxygen atoms in total. The SMILES string of the molecule is CCn1c(C(=O)NC2C(C)(C)C3CC[C@]2(C)C3)cc2cc(OC)ccc21. The molecule has 1 aromatic heterocycles. The van der Waals surface area contributed by atoms with E-state index in [1.54, 1.807) is 7.11 Å². The molecule has 2 saturated carbocycles. The van der Waals surface area contributed by atoms with Crippen LogP contribution in [0.1, 0.15) is 57.4 Å². The van der Waals surface area contributed by atoms with E-state index < -0.39 is 0 Å². The number of aryl methyl sites for hydroxylation is 1. The van der Waals surface area contributed by atoms with Gasteiger partial charge in [0, 0.05) is 23.5 Å². The van der Waals surface area contributed by atoms with Crippen molar-refractivity contribution < 1.29 is 9.53 Å². The molecule has 2 aliphatic carbocycles. The van der Waals surface area contributed by atoms with Gasteiger partial charge in [-0.05, 0) is 67.2 Å². The van der Waals surface area contributed by atoms with Crippen molar-refractivity contribution in [2.75, 3.05) is 7.11 Å². The number of hydrogen-bond acceptors (Lipinski definition) is 2. The van der Waals surface area contributed by atoms with Crippen molar-refractivity contribution in [3.8, 4) is 5.75 Å². The van der Waals surface area contributed by atoms with Gasteiger partial charge in [0.15, 0.2) is 0 Å². The van der Waals surface area contributed by atoms with Gasteiger partial charge in [-0.3, -0.25) is 4.79 Å². The topological polar surface area (TPSA) is 43.3 Å². The molecule has 2 aromatic rings. The fourth-order valence-corrected chi connectivity index (χ4v) is 5.77. The Morgan fingerprint density at radius 2 is 2.08 bits per heavy atom. The van der Waals surface area contributed by atoms with Crippen LogP contribution in [0.4, 0.5) is 0 Å². The van der Waals surface area contributed by atoms with E-state index >= 15 is 0 Å². The first-order valence-electron chi connectivity index (χ1n) is 9.78. The number of amides is 1. The number of aromatic nitrogens is 1. The van der Waals surface area contributed by atoms with Crippen LogP contribution in [-0.2, 0) is 6.54 Å². The maximum atomic E-state index is 13.2. The number of carbonyl (C=O) groups is 1. The van der Waals surface area contributed by atoms with Crippen molar-refractivity contribution in [2.45, 2.75) is 59.5 Å². The number of carbonyl (C=O) groups excluding carboxylic acids is 1. The summed E-state index contributed by atoms with van der Waals surface area (Å²) in [4.78, 5) is 13.2. The van der Waals surface area contributed by atoms with Crippen molar-refractivity contribution in [1.29, 1.82) is 0 Å². The summed E-state index contributed by atoms with van der Waals surface area (Å²) in [6.45, 7) is 9.86. The Balaban J connectivity index is 1.68. The zero-order valence-corrected chi connectivity index (χ0v) is 16.6. The molecule has 1 amide bonds. The van der Waals surface area contributed by atoms with Crippen molar-refractivity contribution in [1.82, 2.24) is 9.88 Å². The molecule has 4 heteroatoms. The molecule has 0 aliphatic heterocycles. The third-order valence-electron chi connectivity index (χ3n) is 7.20. The van der Waals surface area contributed by atoms with Crippen LogP contribution in [0.15, 0.2) is 24.3 Å². The summed E-state index contributed by atoms with van der Waals surface area (Å²) in [7, 11) is 1.67. The number of fused-ring (bicyclic) bond motifs is 3. The summed E-state index contributed by atoms with van der Waals surface area (Å²) in [5.74, 6) is 1.59. The number of methoxy groups -OCH3 is 1. The first-order chi connectivity index (χ1) is 12.3. The average molecular weight is 354 g/mol. The van der Waals surface area contributed by atoms with Crippen molar-refractivity contribution in [3.05, 3.63) is 30.0 Å². The monoisotopic (exact) mass is 354 g/mol. The second-order valence-electron chi connectivity index (χ2n) is 9.02. The highest BCUT2D eigenvalue weighted by atomic mass is 16.5. The Bertz CT molecular complexity index is 862. The first-order valence-corrected chi connectivity index (χ1v) is 9.78. The standard InChI is InChI=1S/C22H30N2O2/c1-6-24-17-8-7-16(26-5)11-14(17)12-18(24)19(25)23-20-21(2,3)15-9-10-22(20,4)13-15/h7-8,11-12,15,20H,6,9-10,13H2,1-5H3,(H,23,25)/t15?,20?,22-/m1/s1. The van der Waals surface area contributed by atoms with E-state index in [9.17, 15) is 4.79 Å². The molecule has 0 spiro atoms. The molecule has 0 radical (unpaired) electrons. The number of benzene rings is 1. The van der Waals surface area contributed by atoms with E-state index in [1.165, 1.54) is 19.3 Å². The average Bonchev–Trinajstić information content (AvgIpc) is 3.24. The minimum Gasteiger partial charge on any atom is -0.497 e. The zero-order valence-electron chi connectivity index (χ0n) is 16.6. The Kier molecular flexibility index (Phi) is 3.87. The van der Waals surface area contributed by atoms with Crippen molar-refractivity contribution in [2.24, 2.45) is 16.7 Å². The van der Waals surface area contributed by atoms with Crippen LogP contribution in [0.25, 0.3) is 10.9 Å². The molecule has 3 atom stereocenters. The van der Waals surface area contributed by atoms with Crippen LogP contribution in [0, 0.1) is 16.7 Å². The third-order valence-corrected chi connectivity index (χ3v) is 7.20. The lowest BCUT2D eigenvalue weighted by Gasteiger charge is -2.43. The van der Waals surface area contributed by atoms with E-state index in [0.717, 1.165) is 34.8 Å². The quantitative estimate of drug-likeness (QED) is 0.871. The molecule has 2 bridgehead atoms. The summed E-state index contributed by atoms with van der Waals surface area (Å²) >= 11 is 0. The molecule has 140 valence electrons. The minimum absolute atomic E-state index is 0.0499. The van der Waals surface area contributed by atoms with E-state index in [-0.39, 0.29) is 22.8 Å². The van der Waals surface area contributed by atoms with Gasteiger partial charge in [0.25, 0.3) is 5.91 Å². The second kappa shape index (κ2) is 5.77. The Labute approximate surface area is 155 Å². The molecule has 26 heavy (non-hydrogen) atoms. The molecule has 1 heterocycles. The largest absolute Gasteiger partial charge is 0.497 e. The minimum atomic E-state index is 0.0499. The number of ether oxygens (including phenoxy) is 1. The Morgan fingerprint density at radius 3 is 2.69 bits per heavy atom. The van der Waals surface area contributed by atoms with Crippen molar-refractivity contribution >= 4 is 16.8 Å². The number of rotatable bonds is 4. The summed E-state index contributed by atoms with van der Waals surface area (Å²) < 4.78 is 7.44. The molecule has 4 rings (SSSR count). The van der Waals surface area contributed by atoms with Gasteiger partial charge in [-0.1, -0.05) is 20.8 Å². The van der Waals surface area contributed by atoms with Gasteiger partial charge in [-0.15, -0.1) is 0 Å². The summed E-state index contributed by atoms with van der Waals surface area (Å²) in [6.07, 6.45) is 3.75. The van der Waals surface area contributed by atoms with Crippen molar-refractivity contribution in [3.63, 3.8) is 0 Å². The lowest BCUT2D eigenvalue weighted by Crippen LogP contribution is -2.52. The number of nitrogens with one attached hydrogen (secondary N) is 1. The van der Waals surface area contributed by atoms with Gasteiger partial charge in [-0.2, -0.15) is 0 Å². The summed E-state index contributed by atoms with van der Waals surface area (Å²) in [5.41, 5.74) is 2.22. The van der Waals surface area contributed by atoms with Crippen LogP contribution < -0.4 is 10.1 Å². The molecular weight excluding hydrogens is 324 g/mol. The maximum Gasteiger partial charge on any atom is 0.268 e.